The molecule has 2 aromatic rings. The van der Waals surface area contributed by atoms with Crippen LogP contribution in [0.3, 0.4) is 0 Å². The maximum Gasteiger partial charge on any atom is 0.573 e. The van der Waals surface area contributed by atoms with E-state index in [1.807, 2.05) is 6.92 Å². The van der Waals surface area contributed by atoms with Crippen LogP contribution in [0.1, 0.15) is 22.3 Å². The van der Waals surface area contributed by atoms with Crippen molar-refractivity contribution in [3.63, 3.8) is 0 Å². The van der Waals surface area contributed by atoms with Gasteiger partial charge in [0.2, 0.25) is 0 Å². The molecule has 0 spiro atoms. The van der Waals surface area contributed by atoms with Crippen molar-refractivity contribution in [1.29, 1.82) is 0 Å². The molecule has 0 radical (unpaired) electrons. The molecule has 0 aliphatic heterocycles. The first-order valence-electron chi connectivity index (χ1n) is 6.28. The van der Waals surface area contributed by atoms with Crippen LogP contribution in [-0.2, 0) is 11.2 Å². The van der Waals surface area contributed by atoms with E-state index >= 15 is 0 Å². The minimum absolute atomic E-state index is 0.187. The summed E-state index contributed by atoms with van der Waals surface area (Å²) in [5, 5.41) is 0.435. The van der Waals surface area contributed by atoms with Gasteiger partial charge in [-0.25, -0.2) is 9.78 Å². The average molecular weight is 331 g/mol. The Labute approximate surface area is 128 Å². The number of rotatable bonds is 4. The number of thiazole rings is 1. The molecule has 0 aliphatic rings. The van der Waals surface area contributed by atoms with Crippen LogP contribution >= 0.6 is 11.3 Å². The van der Waals surface area contributed by atoms with Crippen LogP contribution in [0.15, 0.2) is 24.3 Å². The lowest BCUT2D eigenvalue weighted by molar-refractivity contribution is -0.274. The Morgan fingerprint density at radius 2 is 2.09 bits per heavy atom. The van der Waals surface area contributed by atoms with Crippen molar-refractivity contribution in [2.45, 2.75) is 19.7 Å². The second kappa shape index (κ2) is 6.35. The summed E-state index contributed by atoms with van der Waals surface area (Å²) in [4.78, 5) is 16.5. The highest BCUT2D eigenvalue weighted by molar-refractivity contribution is 7.15. The molecule has 0 aliphatic carbocycles. The Balaban J connectivity index is 2.38. The van der Waals surface area contributed by atoms with Gasteiger partial charge < -0.3 is 9.47 Å². The summed E-state index contributed by atoms with van der Waals surface area (Å²) in [7, 11) is 1.25. The summed E-state index contributed by atoms with van der Waals surface area (Å²) in [5.74, 6) is -0.903. The minimum atomic E-state index is -4.76. The van der Waals surface area contributed by atoms with Crippen molar-refractivity contribution in [3.8, 4) is 16.3 Å². The van der Waals surface area contributed by atoms with Crippen molar-refractivity contribution in [2.75, 3.05) is 7.11 Å². The number of carbonyl (C=O) groups is 1. The predicted octanol–water partition coefficient (Wildman–Crippen LogP) is 4.06. The number of alkyl halides is 3. The van der Waals surface area contributed by atoms with Crippen LogP contribution in [0.25, 0.3) is 10.6 Å². The summed E-state index contributed by atoms with van der Waals surface area (Å²) >= 11 is 1.23. The van der Waals surface area contributed by atoms with E-state index in [2.05, 4.69) is 14.5 Å². The Morgan fingerprint density at radius 3 is 2.68 bits per heavy atom. The highest BCUT2D eigenvalue weighted by atomic mass is 32.1. The molecule has 2 rings (SSSR count). The Hall–Kier alpha value is -2.09. The molecule has 0 saturated carbocycles. The van der Waals surface area contributed by atoms with Crippen LogP contribution < -0.4 is 4.74 Å². The van der Waals surface area contributed by atoms with Crippen LogP contribution in [0.2, 0.25) is 0 Å². The van der Waals surface area contributed by atoms with Gasteiger partial charge in [0.25, 0.3) is 0 Å². The third-order valence-corrected chi connectivity index (χ3v) is 3.96. The van der Waals surface area contributed by atoms with Crippen LogP contribution in [0.5, 0.6) is 5.75 Å². The smallest absolute Gasteiger partial charge is 0.464 e. The molecule has 118 valence electrons. The molecule has 0 bridgehead atoms. The van der Waals surface area contributed by atoms with E-state index in [0.29, 0.717) is 21.9 Å². The first-order chi connectivity index (χ1) is 10.3. The third kappa shape index (κ3) is 3.76. The fraction of sp³-hybridized carbons (Fsp3) is 0.286. The van der Waals surface area contributed by atoms with Crippen molar-refractivity contribution < 1.29 is 27.4 Å². The number of ether oxygens (including phenoxy) is 2. The molecule has 0 saturated heterocycles. The standard InChI is InChI=1S/C14H12F3NO3S/c1-3-10-11(13(19)20-2)18-12(22-10)8-5-4-6-9(7-8)21-14(15,16)17/h4-7H,3H2,1-2H3. The summed E-state index contributed by atoms with van der Waals surface area (Å²) in [6, 6.07) is 5.46. The van der Waals surface area contributed by atoms with Gasteiger partial charge in [0.05, 0.1) is 7.11 Å². The molecule has 1 heterocycles. The molecule has 0 unspecified atom stereocenters. The van der Waals surface area contributed by atoms with Gasteiger partial charge in [0, 0.05) is 10.4 Å². The van der Waals surface area contributed by atoms with E-state index in [1.54, 1.807) is 6.07 Å². The number of benzene rings is 1. The second-order valence-electron chi connectivity index (χ2n) is 4.21. The number of aryl methyl sites for hydroxylation is 1. The first kappa shape index (κ1) is 16.3. The van der Waals surface area contributed by atoms with Crippen LogP contribution in [-0.4, -0.2) is 24.4 Å². The van der Waals surface area contributed by atoms with E-state index in [4.69, 9.17) is 0 Å². The predicted molar refractivity (Wildman–Crippen MR) is 75.0 cm³/mol. The molecular formula is C14H12F3NO3S. The van der Waals surface area contributed by atoms with Crippen molar-refractivity contribution >= 4 is 17.3 Å². The maximum atomic E-state index is 12.3. The second-order valence-corrected chi connectivity index (χ2v) is 5.30. The normalized spacial score (nSPS) is 11.3. The van der Waals surface area contributed by atoms with Gasteiger partial charge in [-0.15, -0.1) is 24.5 Å². The fourth-order valence-corrected chi connectivity index (χ4v) is 2.78. The Bertz CT molecular complexity index is 682. The summed E-state index contributed by atoms with van der Waals surface area (Å²) in [5.41, 5.74) is 0.628. The maximum absolute atomic E-state index is 12.3. The molecule has 0 N–H and O–H groups in total. The summed E-state index contributed by atoms with van der Waals surface area (Å²) in [6.07, 6.45) is -4.19. The highest BCUT2D eigenvalue weighted by Crippen LogP contribution is 2.32. The van der Waals surface area contributed by atoms with Crippen molar-refractivity contribution in [1.82, 2.24) is 4.98 Å². The lowest BCUT2D eigenvalue weighted by Crippen LogP contribution is -2.17. The van der Waals surface area contributed by atoms with Gasteiger partial charge in [-0.1, -0.05) is 19.1 Å². The van der Waals surface area contributed by atoms with Gasteiger partial charge in [-0.2, -0.15) is 0 Å². The molecule has 22 heavy (non-hydrogen) atoms. The SMILES string of the molecule is CCc1sc(-c2cccc(OC(F)(F)F)c2)nc1C(=O)OC. The monoisotopic (exact) mass is 331 g/mol. The number of halogens is 3. The van der Waals surface area contributed by atoms with E-state index in [-0.39, 0.29) is 11.4 Å². The highest BCUT2D eigenvalue weighted by Gasteiger charge is 2.31. The topological polar surface area (TPSA) is 48.4 Å². The lowest BCUT2D eigenvalue weighted by atomic mass is 10.2. The van der Waals surface area contributed by atoms with Gasteiger partial charge >= 0.3 is 12.3 Å². The van der Waals surface area contributed by atoms with E-state index in [0.717, 1.165) is 0 Å². The number of nitrogens with zero attached hydrogens (tertiary/aromatic N) is 1. The van der Waals surface area contributed by atoms with Crippen molar-refractivity contribution in [3.05, 3.63) is 34.8 Å². The van der Waals surface area contributed by atoms with Crippen LogP contribution in [0.4, 0.5) is 13.2 Å². The zero-order chi connectivity index (χ0) is 16.3. The molecular weight excluding hydrogens is 319 g/mol. The molecule has 0 amide bonds. The largest absolute Gasteiger partial charge is 0.573 e. The quantitative estimate of drug-likeness (QED) is 0.793. The lowest BCUT2D eigenvalue weighted by Gasteiger charge is -2.09. The van der Waals surface area contributed by atoms with Gasteiger partial charge in [-0.3, -0.25) is 0 Å². The molecule has 8 heteroatoms. The molecule has 4 nitrogen and oxygen atoms in total. The Kier molecular flexibility index (Phi) is 4.70. The number of esters is 1. The van der Waals surface area contributed by atoms with Crippen molar-refractivity contribution in [2.24, 2.45) is 0 Å². The van der Waals surface area contributed by atoms with E-state index in [1.165, 1.54) is 36.6 Å². The number of aromatic nitrogens is 1. The average Bonchev–Trinajstić information content (AvgIpc) is 2.89. The molecule has 1 aromatic heterocycles. The zero-order valence-corrected chi connectivity index (χ0v) is 12.5. The van der Waals surface area contributed by atoms with E-state index < -0.39 is 12.3 Å². The minimum Gasteiger partial charge on any atom is -0.464 e. The zero-order valence-electron chi connectivity index (χ0n) is 11.7. The molecule has 0 atom stereocenters. The third-order valence-electron chi connectivity index (χ3n) is 2.71. The molecule has 1 aromatic carbocycles. The number of carbonyl (C=O) groups excluding carboxylic acids is 1. The number of hydrogen-bond acceptors (Lipinski definition) is 5. The first-order valence-corrected chi connectivity index (χ1v) is 7.10. The Morgan fingerprint density at radius 1 is 1.36 bits per heavy atom. The summed E-state index contributed by atoms with van der Waals surface area (Å²) < 4.78 is 45.3. The van der Waals surface area contributed by atoms with Crippen LogP contribution in [0, 0.1) is 0 Å². The van der Waals surface area contributed by atoms with Gasteiger partial charge in [-0.05, 0) is 18.6 Å². The van der Waals surface area contributed by atoms with Gasteiger partial charge in [0.1, 0.15) is 10.8 Å². The van der Waals surface area contributed by atoms with Gasteiger partial charge in [0.15, 0.2) is 5.69 Å². The molecule has 0 fully saturated rings. The fourth-order valence-electron chi connectivity index (χ4n) is 1.80. The number of methoxy groups -OCH3 is 1. The van der Waals surface area contributed by atoms with E-state index in [9.17, 15) is 18.0 Å². The number of hydrogen-bond donors (Lipinski definition) is 0. The summed E-state index contributed by atoms with van der Waals surface area (Å²) in [6.45, 7) is 1.85.